The average Bonchev–Trinajstić information content (AvgIpc) is 3.04. The molecule has 0 N–H and O–H groups in total. The molecule has 1 aliphatic rings. The van der Waals surface area contributed by atoms with E-state index >= 15 is 0 Å². The number of nitro groups is 1. The van der Waals surface area contributed by atoms with Crippen LogP contribution in [0.4, 0.5) is 11.4 Å². The molecule has 0 radical (unpaired) electrons. The quantitative estimate of drug-likeness (QED) is 0.637. The van der Waals surface area contributed by atoms with Crippen LogP contribution in [0.15, 0.2) is 48.5 Å². The summed E-state index contributed by atoms with van der Waals surface area (Å²) < 4.78 is 0. The lowest BCUT2D eigenvalue weighted by Gasteiger charge is -2.27. The molecule has 0 unspecified atom stereocenters. The molecule has 0 aromatic heterocycles. The van der Waals surface area contributed by atoms with Gasteiger partial charge in [0.15, 0.2) is 0 Å². The molecular formula is C17H15N3O2. The van der Waals surface area contributed by atoms with Crippen LogP contribution in [0.3, 0.4) is 0 Å². The molecule has 0 aliphatic carbocycles. The number of nitriles is 1. The molecule has 0 spiro atoms. The van der Waals surface area contributed by atoms with Crippen LogP contribution < -0.4 is 4.90 Å². The molecule has 1 saturated heterocycles. The highest BCUT2D eigenvalue weighted by molar-refractivity contribution is 5.61. The van der Waals surface area contributed by atoms with Crippen LogP contribution in [0, 0.1) is 21.4 Å². The van der Waals surface area contributed by atoms with E-state index in [2.05, 4.69) is 17.0 Å². The zero-order valence-electron chi connectivity index (χ0n) is 12.0. The van der Waals surface area contributed by atoms with Crippen molar-refractivity contribution >= 4 is 11.4 Å². The first-order chi connectivity index (χ1) is 10.7. The molecule has 1 heterocycles. The summed E-state index contributed by atoms with van der Waals surface area (Å²) in [6.45, 7) is 0.891. The second-order valence-corrected chi connectivity index (χ2v) is 5.33. The number of nitrogens with zero attached hydrogens (tertiary/aromatic N) is 3. The van der Waals surface area contributed by atoms with E-state index < -0.39 is 4.92 Å². The van der Waals surface area contributed by atoms with Gasteiger partial charge < -0.3 is 4.90 Å². The molecule has 3 rings (SSSR count). The van der Waals surface area contributed by atoms with Crippen molar-refractivity contribution in [3.63, 3.8) is 0 Å². The molecule has 2 aromatic carbocycles. The molecule has 22 heavy (non-hydrogen) atoms. The maximum Gasteiger partial charge on any atom is 0.287 e. The van der Waals surface area contributed by atoms with Crippen molar-refractivity contribution in [2.75, 3.05) is 11.4 Å². The number of rotatable bonds is 3. The van der Waals surface area contributed by atoms with E-state index in [4.69, 9.17) is 5.26 Å². The summed E-state index contributed by atoms with van der Waals surface area (Å²) in [5.74, 6) is 0. The highest BCUT2D eigenvalue weighted by atomic mass is 16.6. The molecule has 1 atom stereocenters. The maximum atomic E-state index is 10.9. The smallest absolute Gasteiger partial charge is 0.287 e. The molecule has 2 aromatic rings. The van der Waals surface area contributed by atoms with E-state index in [0.29, 0.717) is 0 Å². The van der Waals surface area contributed by atoms with Gasteiger partial charge in [-0.2, -0.15) is 5.26 Å². The van der Waals surface area contributed by atoms with Gasteiger partial charge in [0.25, 0.3) is 5.69 Å². The van der Waals surface area contributed by atoms with E-state index in [-0.39, 0.29) is 17.3 Å². The number of nitro benzene ring substituents is 1. The predicted octanol–water partition coefficient (Wildman–Crippen LogP) is 3.81. The van der Waals surface area contributed by atoms with Crippen molar-refractivity contribution in [2.24, 2.45) is 0 Å². The van der Waals surface area contributed by atoms with Gasteiger partial charge in [-0.15, -0.1) is 0 Å². The van der Waals surface area contributed by atoms with Crippen LogP contribution in [-0.4, -0.2) is 11.5 Å². The summed E-state index contributed by atoms with van der Waals surface area (Å²) >= 11 is 0. The number of anilines is 1. The Morgan fingerprint density at radius 3 is 2.68 bits per heavy atom. The topological polar surface area (TPSA) is 70.2 Å². The van der Waals surface area contributed by atoms with Gasteiger partial charge in [0.1, 0.15) is 11.6 Å². The van der Waals surface area contributed by atoms with E-state index in [0.717, 1.165) is 25.1 Å². The third kappa shape index (κ3) is 2.51. The molecule has 0 bridgehead atoms. The normalized spacial score (nSPS) is 17.2. The molecule has 0 saturated carbocycles. The number of hydrogen-bond donors (Lipinski definition) is 0. The van der Waals surface area contributed by atoms with Gasteiger partial charge in [-0.25, -0.2) is 0 Å². The average molecular weight is 293 g/mol. The van der Waals surface area contributed by atoms with E-state index in [1.165, 1.54) is 11.6 Å². The molecule has 5 heteroatoms. The van der Waals surface area contributed by atoms with Gasteiger partial charge in [-0.1, -0.05) is 30.3 Å². The molecule has 110 valence electrons. The van der Waals surface area contributed by atoms with Crippen molar-refractivity contribution < 1.29 is 4.92 Å². The lowest BCUT2D eigenvalue weighted by molar-refractivity contribution is -0.385. The highest BCUT2D eigenvalue weighted by Crippen LogP contribution is 2.37. The van der Waals surface area contributed by atoms with Gasteiger partial charge in [0.2, 0.25) is 0 Å². The van der Waals surface area contributed by atoms with E-state index in [9.17, 15) is 10.1 Å². The van der Waals surface area contributed by atoms with Crippen LogP contribution in [0.1, 0.15) is 30.0 Å². The minimum Gasteiger partial charge on any atom is -0.364 e. The number of hydrogen-bond acceptors (Lipinski definition) is 4. The molecule has 0 amide bonds. The van der Waals surface area contributed by atoms with Crippen molar-refractivity contribution in [3.8, 4) is 6.07 Å². The fourth-order valence-electron chi connectivity index (χ4n) is 3.05. The minimum absolute atomic E-state index is 0.112. The predicted molar refractivity (Wildman–Crippen MR) is 83.6 cm³/mol. The minimum atomic E-state index is -0.513. The zero-order chi connectivity index (χ0) is 15.5. The van der Waals surface area contributed by atoms with Gasteiger partial charge in [-0.3, -0.25) is 10.1 Å². The first-order valence-corrected chi connectivity index (χ1v) is 7.21. The Morgan fingerprint density at radius 2 is 2.00 bits per heavy atom. The second-order valence-electron chi connectivity index (χ2n) is 5.33. The van der Waals surface area contributed by atoms with Crippen LogP contribution in [-0.2, 0) is 0 Å². The summed E-state index contributed by atoms with van der Waals surface area (Å²) in [7, 11) is 0. The van der Waals surface area contributed by atoms with Crippen molar-refractivity contribution in [1.29, 1.82) is 5.26 Å². The third-order valence-corrected chi connectivity index (χ3v) is 4.07. The molecule has 1 aliphatic heterocycles. The van der Waals surface area contributed by atoms with Crippen LogP contribution in [0.25, 0.3) is 0 Å². The largest absolute Gasteiger partial charge is 0.364 e. The van der Waals surface area contributed by atoms with Gasteiger partial charge in [-0.05, 0) is 30.5 Å². The summed E-state index contributed by atoms with van der Waals surface area (Å²) in [5, 5.41) is 20.1. The standard InChI is InChI=1S/C17H15N3O2/c18-12-14-11-15(8-9-17(14)20(21)22)19-10-4-7-16(19)13-5-2-1-3-6-13/h1-3,5-6,8-9,11,16H,4,7,10H2/t16-/m0/s1. The third-order valence-electron chi connectivity index (χ3n) is 4.07. The zero-order valence-corrected chi connectivity index (χ0v) is 12.0. The Balaban J connectivity index is 1.97. The first-order valence-electron chi connectivity index (χ1n) is 7.21. The molecule has 5 nitrogen and oxygen atoms in total. The lowest BCUT2D eigenvalue weighted by Crippen LogP contribution is -2.22. The maximum absolute atomic E-state index is 10.9. The van der Waals surface area contributed by atoms with Crippen molar-refractivity contribution in [2.45, 2.75) is 18.9 Å². The molecular weight excluding hydrogens is 278 g/mol. The molecule has 1 fully saturated rings. The Hall–Kier alpha value is -2.87. The lowest BCUT2D eigenvalue weighted by atomic mass is 10.0. The van der Waals surface area contributed by atoms with Gasteiger partial charge in [0, 0.05) is 18.3 Å². The van der Waals surface area contributed by atoms with Crippen molar-refractivity contribution in [1.82, 2.24) is 0 Å². The van der Waals surface area contributed by atoms with Crippen molar-refractivity contribution in [3.05, 3.63) is 69.8 Å². The van der Waals surface area contributed by atoms with Gasteiger partial charge in [0.05, 0.1) is 11.0 Å². The highest BCUT2D eigenvalue weighted by Gasteiger charge is 2.27. The summed E-state index contributed by atoms with van der Waals surface area (Å²) in [6, 6.07) is 17.2. The monoisotopic (exact) mass is 293 g/mol. The van der Waals surface area contributed by atoms with Crippen LogP contribution >= 0.6 is 0 Å². The summed E-state index contributed by atoms with van der Waals surface area (Å²) in [4.78, 5) is 12.6. The number of benzene rings is 2. The first kappa shape index (κ1) is 14.1. The Labute approximate surface area is 128 Å². The fourth-order valence-corrected chi connectivity index (χ4v) is 3.05. The Morgan fingerprint density at radius 1 is 1.23 bits per heavy atom. The SMILES string of the molecule is N#Cc1cc(N2CCC[C@H]2c2ccccc2)ccc1[N+](=O)[O-]. The Bertz CT molecular complexity index is 737. The Kier molecular flexibility index (Phi) is 3.75. The van der Waals surface area contributed by atoms with E-state index in [1.54, 1.807) is 12.1 Å². The second kappa shape index (κ2) is 5.86. The van der Waals surface area contributed by atoms with Crippen LogP contribution in [0.2, 0.25) is 0 Å². The fraction of sp³-hybridized carbons (Fsp3) is 0.235. The van der Waals surface area contributed by atoms with E-state index in [1.807, 2.05) is 24.3 Å². The van der Waals surface area contributed by atoms with Gasteiger partial charge >= 0.3 is 0 Å². The summed E-state index contributed by atoms with van der Waals surface area (Å²) in [6.07, 6.45) is 2.11. The van der Waals surface area contributed by atoms with Crippen LogP contribution in [0.5, 0.6) is 0 Å². The summed E-state index contributed by atoms with van der Waals surface area (Å²) in [5.41, 5.74) is 2.08.